The van der Waals surface area contributed by atoms with Gasteiger partial charge in [0.25, 0.3) is 0 Å². The summed E-state index contributed by atoms with van der Waals surface area (Å²) in [5.74, 6) is 0. The Hall–Kier alpha value is -1.02. The molecule has 0 unspecified atom stereocenters. The molecule has 1 saturated carbocycles. The maximum absolute atomic E-state index is 5.94. The molecule has 2 rings (SSSR count). The van der Waals surface area contributed by atoms with Crippen molar-refractivity contribution >= 4 is 5.69 Å². The Morgan fingerprint density at radius 2 is 1.89 bits per heavy atom. The smallest absolute Gasteiger partial charge is 0.0366 e. The van der Waals surface area contributed by atoms with Crippen LogP contribution in [0.5, 0.6) is 0 Å². The maximum atomic E-state index is 5.94. The molecule has 0 atom stereocenters. The molecule has 0 spiro atoms. The van der Waals surface area contributed by atoms with E-state index in [0.717, 1.165) is 19.6 Å². The predicted molar refractivity (Wildman–Crippen MR) is 79.0 cm³/mol. The molecule has 0 amide bonds. The fourth-order valence-corrected chi connectivity index (χ4v) is 2.83. The highest BCUT2D eigenvalue weighted by molar-refractivity contribution is 5.47. The van der Waals surface area contributed by atoms with E-state index in [2.05, 4.69) is 43.0 Å². The minimum Gasteiger partial charge on any atom is -0.372 e. The Labute approximate surface area is 111 Å². The summed E-state index contributed by atoms with van der Waals surface area (Å²) >= 11 is 0. The molecule has 2 heteroatoms. The molecular formula is C16H26N2. The summed E-state index contributed by atoms with van der Waals surface area (Å²) in [4.78, 5) is 2.47. The summed E-state index contributed by atoms with van der Waals surface area (Å²) in [5.41, 5.74) is 9.06. The third-order valence-electron chi connectivity index (χ3n) is 4.54. The van der Waals surface area contributed by atoms with Crippen molar-refractivity contribution in [1.82, 2.24) is 0 Å². The van der Waals surface area contributed by atoms with Crippen LogP contribution in [0.4, 0.5) is 5.69 Å². The Balaban J connectivity index is 1.95. The second-order valence-electron chi connectivity index (χ2n) is 5.72. The lowest BCUT2D eigenvalue weighted by molar-refractivity contribution is 0.133. The predicted octanol–water partition coefficient (Wildman–Crippen LogP) is 3.34. The summed E-state index contributed by atoms with van der Waals surface area (Å²) in [5, 5.41) is 0. The third-order valence-corrected chi connectivity index (χ3v) is 4.54. The topological polar surface area (TPSA) is 29.3 Å². The van der Waals surface area contributed by atoms with Gasteiger partial charge in [-0.1, -0.05) is 24.1 Å². The van der Waals surface area contributed by atoms with E-state index in [-0.39, 0.29) is 0 Å². The third kappa shape index (κ3) is 2.86. The molecule has 0 aliphatic heterocycles. The molecule has 2 nitrogen and oxygen atoms in total. The SMILES string of the molecule is CCN(CCC1(CN)CCC1)c1ccc(C)cc1. The van der Waals surface area contributed by atoms with Crippen molar-refractivity contribution in [3.63, 3.8) is 0 Å². The molecule has 1 aromatic carbocycles. The van der Waals surface area contributed by atoms with E-state index in [1.807, 2.05) is 0 Å². The zero-order chi connectivity index (χ0) is 13.0. The number of rotatable bonds is 6. The van der Waals surface area contributed by atoms with E-state index >= 15 is 0 Å². The lowest BCUT2D eigenvalue weighted by Crippen LogP contribution is -2.40. The van der Waals surface area contributed by atoms with Crippen LogP contribution in [-0.4, -0.2) is 19.6 Å². The second-order valence-corrected chi connectivity index (χ2v) is 5.72. The lowest BCUT2D eigenvalue weighted by atomic mass is 9.66. The van der Waals surface area contributed by atoms with Crippen LogP contribution in [0.3, 0.4) is 0 Å². The fraction of sp³-hybridized carbons (Fsp3) is 0.625. The molecule has 1 aliphatic carbocycles. The minimum absolute atomic E-state index is 0.456. The summed E-state index contributed by atoms with van der Waals surface area (Å²) in [6.45, 7) is 7.44. The van der Waals surface area contributed by atoms with Crippen LogP contribution in [0.15, 0.2) is 24.3 Å². The molecule has 1 fully saturated rings. The van der Waals surface area contributed by atoms with Crippen LogP contribution in [-0.2, 0) is 0 Å². The van der Waals surface area contributed by atoms with Crippen LogP contribution in [0, 0.1) is 12.3 Å². The highest BCUT2D eigenvalue weighted by Gasteiger charge is 2.35. The van der Waals surface area contributed by atoms with Crippen LogP contribution in [0.25, 0.3) is 0 Å². The largest absolute Gasteiger partial charge is 0.372 e. The van der Waals surface area contributed by atoms with Gasteiger partial charge in [-0.25, -0.2) is 0 Å². The molecule has 0 heterocycles. The van der Waals surface area contributed by atoms with E-state index < -0.39 is 0 Å². The molecule has 100 valence electrons. The Kier molecular flexibility index (Phi) is 4.28. The van der Waals surface area contributed by atoms with Gasteiger partial charge in [0.2, 0.25) is 0 Å². The van der Waals surface area contributed by atoms with Gasteiger partial charge in [-0.2, -0.15) is 0 Å². The second kappa shape index (κ2) is 5.75. The molecule has 0 radical (unpaired) electrons. The highest BCUT2D eigenvalue weighted by Crippen LogP contribution is 2.43. The van der Waals surface area contributed by atoms with Gasteiger partial charge in [-0.05, 0) is 57.2 Å². The van der Waals surface area contributed by atoms with E-state index in [0.29, 0.717) is 5.41 Å². The first kappa shape index (κ1) is 13.4. The molecule has 18 heavy (non-hydrogen) atoms. The zero-order valence-electron chi connectivity index (χ0n) is 11.8. The summed E-state index contributed by atoms with van der Waals surface area (Å²) < 4.78 is 0. The molecule has 0 aromatic heterocycles. The quantitative estimate of drug-likeness (QED) is 0.834. The minimum atomic E-state index is 0.456. The van der Waals surface area contributed by atoms with Crippen LogP contribution in [0.1, 0.15) is 38.2 Å². The number of nitrogens with zero attached hydrogens (tertiary/aromatic N) is 1. The molecule has 0 saturated heterocycles. The molecule has 0 bridgehead atoms. The normalized spacial score (nSPS) is 17.3. The summed E-state index contributed by atoms with van der Waals surface area (Å²) in [6.07, 6.45) is 5.27. The van der Waals surface area contributed by atoms with E-state index in [1.54, 1.807) is 0 Å². The van der Waals surface area contributed by atoms with Crippen molar-refractivity contribution in [1.29, 1.82) is 0 Å². The van der Waals surface area contributed by atoms with Crippen molar-refractivity contribution in [2.45, 2.75) is 39.5 Å². The average molecular weight is 246 g/mol. The number of aryl methyl sites for hydroxylation is 1. The van der Waals surface area contributed by atoms with Crippen molar-refractivity contribution in [2.75, 3.05) is 24.5 Å². The van der Waals surface area contributed by atoms with Gasteiger partial charge in [-0.3, -0.25) is 0 Å². The number of benzene rings is 1. The van der Waals surface area contributed by atoms with E-state index in [9.17, 15) is 0 Å². The van der Waals surface area contributed by atoms with Crippen molar-refractivity contribution in [3.05, 3.63) is 29.8 Å². The highest BCUT2D eigenvalue weighted by atomic mass is 15.1. The van der Waals surface area contributed by atoms with Gasteiger partial charge >= 0.3 is 0 Å². The first-order valence-electron chi connectivity index (χ1n) is 7.21. The molecule has 2 N–H and O–H groups in total. The Morgan fingerprint density at radius 3 is 2.33 bits per heavy atom. The lowest BCUT2D eigenvalue weighted by Gasteiger charge is -2.42. The van der Waals surface area contributed by atoms with Crippen molar-refractivity contribution in [2.24, 2.45) is 11.1 Å². The molecular weight excluding hydrogens is 220 g/mol. The van der Waals surface area contributed by atoms with Gasteiger partial charge in [-0.15, -0.1) is 0 Å². The first-order valence-corrected chi connectivity index (χ1v) is 7.21. The van der Waals surface area contributed by atoms with E-state index in [4.69, 9.17) is 5.73 Å². The Morgan fingerprint density at radius 1 is 1.22 bits per heavy atom. The molecule has 1 aromatic rings. The van der Waals surface area contributed by atoms with Gasteiger partial charge < -0.3 is 10.6 Å². The van der Waals surface area contributed by atoms with Crippen molar-refractivity contribution < 1.29 is 0 Å². The number of nitrogens with two attached hydrogens (primary N) is 1. The summed E-state index contributed by atoms with van der Waals surface area (Å²) in [7, 11) is 0. The van der Waals surface area contributed by atoms with Gasteiger partial charge in [0.1, 0.15) is 0 Å². The van der Waals surface area contributed by atoms with Crippen LogP contribution < -0.4 is 10.6 Å². The van der Waals surface area contributed by atoms with Crippen LogP contribution >= 0.6 is 0 Å². The number of hydrogen-bond donors (Lipinski definition) is 1. The van der Waals surface area contributed by atoms with E-state index in [1.165, 1.54) is 36.9 Å². The average Bonchev–Trinajstić information content (AvgIpc) is 2.35. The fourth-order valence-electron chi connectivity index (χ4n) is 2.83. The van der Waals surface area contributed by atoms with Gasteiger partial charge in [0.05, 0.1) is 0 Å². The first-order chi connectivity index (χ1) is 8.69. The number of anilines is 1. The van der Waals surface area contributed by atoms with Gasteiger partial charge in [0.15, 0.2) is 0 Å². The monoisotopic (exact) mass is 246 g/mol. The molecule has 1 aliphatic rings. The van der Waals surface area contributed by atoms with Gasteiger partial charge in [0, 0.05) is 18.8 Å². The maximum Gasteiger partial charge on any atom is 0.0366 e. The zero-order valence-corrected chi connectivity index (χ0v) is 11.8. The standard InChI is InChI=1S/C16H26N2/c1-3-18(15-7-5-14(2)6-8-15)12-11-16(13-17)9-4-10-16/h5-8H,3-4,9-13,17H2,1-2H3. The van der Waals surface area contributed by atoms with Crippen LogP contribution in [0.2, 0.25) is 0 Å². The Bertz CT molecular complexity index is 360. The number of hydrogen-bond acceptors (Lipinski definition) is 2. The summed E-state index contributed by atoms with van der Waals surface area (Å²) in [6, 6.07) is 8.85. The van der Waals surface area contributed by atoms with Crippen molar-refractivity contribution in [3.8, 4) is 0 Å².